The summed E-state index contributed by atoms with van der Waals surface area (Å²) in [7, 11) is 0. The van der Waals surface area contributed by atoms with Gasteiger partial charge in [-0.2, -0.15) is 0 Å². The van der Waals surface area contributed by atoms with Crippen molar-refractivity contribution < 1.29 is 4.79 Å². The molecule has 0 radical (unpaired) electrons. The van der Waals surface area contributed by atoms with E-state index in [9.17, 15) is 4.79 Å². The molecule has 0 saturated carbocycles. The summed E-state index contributed by atoms with van der Waals surface area (Å²) in [6.45, 7) is 0. The zero-order chi connectivity index (χ0) is 8.27. The molecule has 0 heterocycles. The fraction of sp³-hybridized carbons (Fsp3) is 0. The second kappa shape index (κ2) is 3.56. The van der Waals surface area contributed by atoms with Crippen LogP contribution in [0.15, 0.2) is 24.3 Å². The maximum absolute atomic E-state index is 10.6. The van der Waals surface area contributed by atoms with Crippen LogP contribution in [-0.2, 0) is 0 Å². The Balaban J connectivity index is 2.79. The van der Waals surface area contributed by atoms with Crippen molar-refractivity contribution >= 4 is 37.9 Å². The van der Waals surface area contributed by atoms with Gasteiger partial charge in [0, 0.05) is 34.0 Å². The molecule has 0 unspecified atom stereocenters. The van der Waals surface area contributed by atoms with Crippen molar-refractivity contribution in [3.05, 3.63) is 24.3 Å². The number of amides is 1. The van der Waals surface area contributed by atoms with Gasteiger partial charge in [0.15, 0.2) is 0 Å². The minimum absolute atomic E-state index is 0.117. The highest BCUT2D eigenvalue weighted by Crippen LogP contribution is 2.12. The molecule has 11 heavy (non-hydrogen) atoms. The third-order valence-corrected chi connectivity index (χ3v) is 1.40. The predicted octanol–water partition coefficient (Wildman–Crippen LogP) is 2.24. The second-order valence-corrected chi connectivity index (χ2v) is 3.00. The molecule has 0 aliphatic rings. The Hall–Kier alpha value is -0.780. The number of halogens is 1. The van der Waals surface area contributed by atoms with Crippen LogP contribution >= 0.6 is 22.6 Å². The number of carbonyl (C=O) groups is 1. The molecular formula is C7H7IN2O. The summed E-state index contributed by atoms with van der Waals surface area (Å²) < 4.78 is -0.117. The summed E-state index contributed by atoms with van der Waals surface area (Å²) in [5, 5.41) is 2.61. The fourth-order valence-electron chi connectivity index (χ4n) is 0.730. The first-order valence-corrected chi connectivity index (χ1v) is 4.08. The number of carbonyl (C=O) groups excluding carboxylic acids is 1. The lowest BCUT2D eigenvalue weighted by Gasteiger charge is -2.00. The van der Waals surface area contributed by atoms with Crippen LogP contribution in [0.1, 0.15) is 0 Å². The highest BCUT2D eigenvalue weighted by atomic mass is 127. The first-order valence-electron chi connectivity index (χ1n) is 3.00. The van der Waals surface area contributed by atoms with Crippen LogP contribution < -0.4 is 11.1 Å². The van der Waals surface area contributed by atoms with Gasteiger partial charge in [-0.1, -0.05) is 6.07 Å². The Kier molecular flexibility index (Phi) is 2.70. The van der Waals surface area contributed by atoms with E-state index >= 15 is 0 Å². The molecule has 4 heteroatoms. The molecule has 3 nitrogen and oxygen atoms in total. The Bertz CT molecular complexity index is 275. The van der Waals surface area contributed by atoms with Crippen LogP contribution in [0.3, 0.4) is 0 Å². The summed E-state index contributed by atoms with van der Waals surface area (Å²) >= 11 is 1.67. The number of hydrogen-bond acceptors (Lipinski definition) is 2. The monoisotopic (exact) mass is 262 g/mol. The first kappa shape index (κ1) is 8.32. The zero-order valence-corrected chi connectivity index (χ0v) is 7.83. The van der Waals surface area contributed by atoms with Crippen molar-refractivity contribution in [2.24, 2.45) is 0 Å². The summed E-state index contributed by atoms with van der Waals surface area (Å²) in [4.78, 5) is 10.6. The van der Waals surface area contributed by atoms with Crippen LogP contribution in [0.4, 0.5) is 16.2 Å². The molecule has 58 valence electrons. The van der Waals surface area contributed by atoms with Crippen LogP contribution in [0.2, 0.25) is 0 Å². The molecule has 1 amide bonds. The van der Waals surface area contributed by atoms with E-state index in [1.807, 2.05) is 0 Å². The third-order valence-electron chi connectivity index (χ3n) is 1.13. The normalized spacial score (nSPS) is 9.18. The smallest absolute Gasteiger partial charge is 0.284 e. The number of nitrogen functional groups attached to an aromatic ring is 1. The van der Waals surface area contributed by atoms with E-state index in [-0.39, 0.29) is 3.91 Å². The van der Waals surface area contributed by atoms with Crippen molar-refractivity contribution in [3.63, 3.8) is 0 Å². The average molecular weight is 262 g/mol. The summed E-state index contributed by atoms with van der Waals surface area (Å²) in [5.74, 6) is 0. The lowest BCUT2D eigenvalue weighted by molar-refractivity contribution is 0.272. The van der Waals surface area contributed by atoms with E-state index in [0.717, 1.165) is 5.69 Å². The Morgan fingerprint density at radius 3 is 2.82 bits per heavy atom. The fourth-order valence-corrected chi connectivity index (χ4v) is 1.04. The van der Waals surface area contributed by atoms with Crippen molar-refractivity contribution in [1.29, 1.82) is 0 Å². The van der Waals surface area contributed by atoms with Gasteiger partial charge in [0.2, 0.25) is 0 Å². The Labute approximate surface area is 78.1 Å². The molecule has 0 spiro atoms. The molecular weight excluding hydrogens is 255 g/mol. The number of nitrogens with two attached hydrogens (primary N) is 1. The number of anilines is 2. The summed E-state index contributed by atoms with van der Waals surface area (Å²) in [6.07, 6.45) is 0. The molecule has 1 aromatic rings. The number of hydrogen-bond donors (Lipinski definition) is 2. The standard InChI is InChI=1S/C7H7IN2O/c8-7(11)10-6-3-1-2-5(9)4-6/h1-4H,9H2,(H,10,11). The van der Waals surface area contributed by atoms with Crippen LogP contribution in [0.25, 0.3) is 0 Å². The molecule has 0 fully saturated rings. The molecule has 0 bridgehead atoms. The highest BCUT2D eigenvalue weighted by Gasteiger charge is 1.94. The van der Waals surface area contributed by atoms with Gasteiger partial charge < -0.3 is 11.1 Å². The lowest BCUT2D eigenvalue weighted by atomic mass is 10.3. The van der Waals surface area contributed by atoms with Gasteiger partial charge in [0.25, 0.3) is 3.91 Å². The largest absolute Gasteiger partial charge is 0.399 e. The van der Waals surface area contributed by atoms with E-state index < -0.39 is 0 Å². The van der Waals surface area contributed by atoms with E-state index in [4.69, 9.17) is 5.73 Å². The molecule has 3 N–H and O–H groups in total. The number of benzene rings is 1. The molecule has 0 aliphatic heterocycles. The van der Waals surface area contributed by atoms with Crippen molar-refractivity contribution in [3.8, 4) is 0 Å². The van der Waals surface area contributed by atoms with Gasteiger partial charge in [0.1, 0.15) is 0 Å². The van der Waals surface area contributed by atoms with Gasteiger partial charge in [-0.05, 0) is 18.2 Å². The van der Waals surface area contributed by atoms with Gasteiger partial charge in [0.05, 0.1) is 0 Å². The average Bonchev–Trinajstić information content (AvgIpc) is 1.85. The minimum Gasteiger partial charge on any atom is -0.399 e. The first-order chi connectivity index (χ1) is 5.18. The second-order valence-electron chi connectivity index (χ2n) is 2.02. The lowest BCUT2D eigenvalue weighted by Crippen LogP contribution is -2.00. The number of nitrogens with one attached hydrogen (secondary N) is 1. The van der Waals surface area contributed by atoms with E-state index in [1.165, 1.54) is 0 Å². The SMILES string of the molecule is Nc1cccc(NC(=O)I)c1. The van der Waals surface area contributed by atoms with E-state index in [0.29, 0.717) is 5.69 Å². The van der Waals surface area contributed by atoms with E-state index in [1.54, 1.807) is 46.9 Å². The number of rotatable bonds is 1. The molecule has 0 atom stereocenters. The zero-order valence-electron chi connectivity index (χ0n) is 5.67. The Morgan fingerprint density at radius 1 is 1.55 bits per heavy atom. The molecule has 0 aromatic heterocycles. The van der Waals surface area contributed by atoms with Gasteiger partial charge in [-0.25, -0.2) is 0 Å². The van der Waals surface area contributed by atoms with E-state index in [2.05, 4.69) is 5.32 Å². The Morgan fingerprint density at radius 2 is 2.27 bits per heavy atom. The molecule has 0 aliphatic carbocycles. The van der Waals surface area contributed by atoms with Crippen LogP contribution in [0, 0.1) is 0 Å². The van der Waals surface area contributed by atoms with Crippen molar-refractivity contribution in [2.45, 2.75) is 0 Å². The highest BCUT2D eigenvalue weighted by molar-refractivity contribution is 14.1. The molecule has 0 saturated heterocycles. The molecule has 1 rings (SSSR count). The minimum atomic E-state index is -0.117. The quantitative estimate of drug-likeness (QED) is 0.353. The summed E-state index contributed by atoms with van der Waals surface area (Å²) in [6, 6.07) is 7.05. The van der Waals surface area contributed by atoms with Gasteiger partial charge in [-0.15, -0.1) is 0 Å². The van der Waals surface area contributed by atoms with Gasteiger partial charge in [-0.3, -0.25) is 4.79 Å². The maximum atomic E-state index is 10.6. The van der Waals surface area contributed by atoms with Crippen molar-refractivity contribution in [1.82, 2.24) is 0 Å². The van der Waals surface area contributed by atoms with Crippen LogP contribution in [-0.4, -0.2) is 3.91 Å². The summed E-state index contributed by atoms with van der Waals surface area (Å²) in [5.41, 5.74) is 6.85. The predicted molar refractivity (Wildman–Crippen MR) is 53.9 cm³/mol. The third kappa shape index (κ3) is 2.75. The van der Waals surface area contributed by atoms with Gasteiger partial charge >= 0.3 is 0 Å². The van der Waals surface area contributed by atoms with Crippen LogP contribution in [0.5, 0.6) is 0 Å². The molecule has 1 aromatic carbocycles. The van der Waals surface area contributed by atoms with Crippen molar-refractivity contribution in [2.75, 3.05) is 11.1 Å². The maximum Gasteiger partial charge on any atom is 0.284 e. The topological polar surface area (TPSA) is 55.1 Å².